The van der Waals surface area contributed by atoms with Gasteiger partial charge in [0.05, 0.1) is 6.54 Å². The van der Waals surface area contributed by atoms with Crippen molar-refractivity contribution in [2.24, 2.45) is 0 Å². The third-order valence-electron chi connectivity index (χ3n) is 2.86. The topological polar surface area (TPSA) is 81.7 Å². The Morgan fingerprint density at radius 2 is 2.00 bits per heavy atom. The fourth-order valence-corrected chi connectivity index (χ4v) is 2.34. The molecule has 2 heterocycles. The Balaban J connectivity index is 1.78. The Bertz CT molecular complexity index is 740. The molecule has 0 aliphatic heterocycles. The number of hydrogen-bond acceptors (Lipinski definition) is 5. The van der Waals surface area contributed by atoms with E-state index in [1.54, 1.807) is 17.1 Å². The van der Waals surface area contributed by atoms with Crippen molar-refractivity contribution in [1.82, 2.24) is 19.7 Å². The van der Waals surface area contributed by atoms with E-state index in [1.165, 1.54) is 0 Å². The zero-order valence-corrected chi connectivity index (χ0v) is 12.7. The maximum absolute atomic E-state index is 5.91. The van der Waals surface area contributed by atoms with Crippen LogP contribution in [-0.4, -0.2) is 19.7 Å². The molecule has 0 radical (unpaired) electrons. The molecule has 0 amide bonds. The average Bonchev–Trinajstić information content (AvgIpc) is 2.80. The molecular formula is C14H13BrN6. The normalized spacial score (nSPS) is 10.5. The van der Waals surface area contributed by atoms with Gasteiger partial charge in [-0.3, -0.25) is 4.98 Å². The van der Waals surface area contributed by atoms with Crippen LogP contribution >= 0.6 is 15.9 Å². The highest BCUT2D eigenvalue weighted by atomic mass is 79.9. The van der Waals surface area contributed by atoms with Crippen molar-refractivity contribution in [3.05, 3.63) is 58.8 Å². The van der Waals surface area contributed by atoms with Crippen LogP contribution < -0.4 is 11.1 Å². The molecule has 0 spiro atoms. The van der Waals surface area contributed by atoms with Crippen LogP contribution in [0, 0.1) is 0 Å². The summed E-state index contributed by atoms with van der Waals surface area (Å²) in [5.41, 5.74) is 7.87. The van der Waals surface area contributed by atoms with Gasteiger partial charge in [-0.1, -0.05) is 28.1 Å². The minimum Gasteiger partial charge on any atom is -0.368 e. The van der Waals surface area contributed by atoms with Crippen LogP contribution in [0.3, 0.4) is 0 Å². The molecule has 3 aromatic rings. The van der Waals surface area contributed by atoms with Crippen LogP contribution in [-0.2, 0) is 6.54 Å². The van der Waals surface area contributed by atoms with Gasteiger partial charge in [-0.15, -0.1) is 5.10 Å². The first-order chi connectivity index (χ1) is 10.2. The second-order valence-corrected chi connectivity index (χ2v) is 5.36. The molecule has 0 aliphatic carbocycles. The summed E-state index contributed by atoms with van der Waals surface area (Å²) in [6, 6.07) is 11.7. The number of nitrogens with two attached hydrogens (primary N) is 1. The minimum atomic E-state index is 0.367. The van der Waals surface area contributed by atoms with Crippen molar-refractivity contribution in [3.63, 3.8) is 0 Å². The molecule has 3 N–H and O–H groups in total. The summed E-state index contributed by atoms with van der Waals surface area (Å²) in [6.45, 7) is 0.566. The van der Waals surface area contributed by atoms with Crippen molar-refractivity contribution in [2.45, 2.75) is 6.54 Å². The number of benzene rings is 1. The number of nitrogens with one attached hydrogen (secondary N) is 1. The minimum absolute atomic E-state index is 0.367. The molecule has 0 saturated heterocycles. The molecule has 0 saturated carbocycles. The summed E-state index contributed by atoms with van der Waals surface area (Å²) in [4.78, 5) is 8.17. The first kappa shape index (κ1) is 13.6. The average molecular weight is 345 g/mol. The molecule has 1 aromatic carbocycles. The van der Waals surface area contributed by atoms with Gasteiger partial charge in [-0.05, 0) is 29.8 Å². The lowest BCUT2D eigenvalue weighted by Crippen LogP contribution is -2.06. The van der Waals surface area contributed by atoms with Crippen molar-refractivity contribution in [3.8, 4) is 0 Å². The van der Waals surface area contributed by atoms with E-state index in [0.29, 0.717) is 18.4 Å². The first-order valence-corrected chi connectivity index (χ1v) is 7.12. The Labute approximate surface area is 130 Å². The lowest BCUT2D eigenvalue weighted by atomic mass is 10.2. The molecule has 21 heavy (non-hydrogen) atoms. The van der Waals surface area contributed by atoms with E-state index in [9.17, 15) is 0 Å². The largest absolute Gasteiger partial charge is 0.368 e. The van der Waals surface area contributed by atoms with Crippen LogP contribution in [0.15, 0.2) is 53.3 Å². The smallest absolute Gasteiger partial charge is 0.248 e. The number of anilines is 3. The van der Waals surface area contributed by atoms with Crippen molar-refractivity contribution < 1.29 is 0 Å². The summed E-state index contributed by atoms with van der Waals surface area (Å²) in [7, 11) is 0. The summed E-state index contributed by atoms with van der Waals surface area (Å²) in [5, 5.41) is 7.45. The fourth-order valence-electron chi connectivity index (χ4n) is 1.90. The van der Waals surface area contributed by atoms with Gasteiger partial charge in [0.2, 0.25) is 11.9 Å². The van der Waals surface area contributed by atoms with Crippen LogP contribution in [0.5, 0.6) is 0 Å². The highest BCUT2D eigenvalue weighted by Crippen LogP contribution is 2.16. The number of rotatable bonds is 4. The van der Waals surface area contributed by atoms with Crippen LogP contribution in [0.2, 0.25) is 0 Å². The maximum atomic E-state index is 5.91. The van der Waals surface area contributed by atoms with Crippen molar-refractivity contribution in [2.75, 3.05) is 11.1 Å². The second kappa shape index (κ2) is 5.92. The van der Waals surface area contributed by atoms with Crippen LogP contribution in [0.1, 0.15) is 5.56 Å². The lowest BCUT2D eigenvalue weighted by molar-refractivity contribution is 0.698. The highest BCUT2D eigenvalue weighted by molar-refractivity contribution is 9.10. The number of halogens is 1. The number of nitrogens with zero attached hydrogens (tertiary/aromatic N) is 4. The van der Waals surface area contributed by atoms with E-state index in [0.717, 1.165) is 15.7 Å². The molecule has 0 atom stereocenters. The van der Waals surface area contributed by atoms with Gasteiger partial charge in [0.15, 0.2) is 0 Å². The van der Waals surface area contributed by atoms with Crippen LogP contribution in [0.4, 0.5) is 17.6 Å². The van der Waals surface area contributed by atoms with Gasteiger partial charge < -0.3 is 11.1 Å². The summed E-state index contributed by atoms with van der Waals surface area (Å²) >= 11 is 3.45. The molecule has 0 aliphatic rings. The summed E-state index contributed by atoms with van der Waals surface area (Å²) in [5.74, 6) is 0.834. The predicted molar refractivity (Wildman–Crippen MR) is 85.2 cm³/mol. The van der Waals surface area contributed by atoms with E-state index in [2.05, 4.69) is 36.3 Å². The third kappa shape index (κ3) is 3.38. The number of hydrogen-bond donors (Lipinski definition) is 2. The van der Waals surface area contributed by atoms with E-state index >= 15 is 0 Å². The Kier molecular flexibility index (Phi) is 3.83. The quantitative estimate of drug-likeness (QED) is 0.760. The van der Waals surface area contributed by atoms with Gasteiger partial charge in [-0.25, -0.2) is 4.68 Å². The van der Waals surface area contributed by atoms with Crippen molar-refractivity contribution >= 4 is 33.5 Å². The van der Waals surface area contributed by atoms with Gasteiger partial charge in [-0.2, -0.15) is 4.98 Å². The molecule has 7 heteroatoms. The molecule has 0 bridgehead atoms. The first-order valence-electron chi connectivity index (χ1n) is 6.32. The van der Waals surface area contributed by atoms with Gasteiger partial charge in [0.1, 0.15) is 0 Å². The predicted octanol–water partition coefficient (Wildman–Crippen LogP) is 2.81. The molecule has 106 valence electrons. The number of nitrogen functional groups attached to an aromatic ring is 1. The zero-order chi connectivity index (χ0) is 14.7. The molecule has 2 aromatic heterocycles. The standard InChI is InChI=1S/C14H13BrN6/c15-11-3-1-2-10(8-11)9-21-13(16)19-14(20-21)18-12-4-6-17-7-5-12/h1-8H,9H2,(H3,16,17,18,19,20). The van der Waals surface area contributed by atoms with Gasteiger partial charge in [0, 0.05) is 22.6 Å². The van der Waals surface area contributed by atoms with E-state index in [4.69, 9.17) is 5.73 Å². The monoisotopic (exact) mass is 344 g/mol. The SMILES string of the molecule is Nc1nc(Nc2ccncc2)nn1Cc1cccc(Br)c1. The number of aromatic nitrogens is 4. The van der Waals surface area contributed by atoms with Crippen molar-refractivity contribution in [1.29, 1.82) is 0 Å². The third-order valence-corrected chi connectivity index (χ3v) is 3.35. The fraction of sp³-hybridized carbons (Fsp3) is 0.0714. The zero-order valence-electron chi connectivity index (χ0n) is 11.1. The van der Waals surface area contributed by atoms with E-state index < -0.39 is 0 Å². The lowest BCUT2D eigenvalue weighted by Gasteiger charge is -2.03. The molecule has 0 fully saturated rings. The summed E-state index contributed by atoms with van der Waals surface area (Å²) in [6.07, 6.45) is 3.40. The second-order valence-electron chi connectivity index (χ2n) is 4.44. The van der Waals surface area contributed by atoms with E-state index in [-0.39, 0.29) is 0 Å². The molecular weight excluding hydrogens is 332 g/mol. The molecule has 0 unspecified atom stereocenters. The Hall–Kier alpha value is -2.41. The molecule has 3 rings (SSSR count). The van der Waals surface area contributed by atoms with Gasteiger partial charge in [0.25, 0.3) is 0 Å². The maximum Gasteiger partial charge on any atom is 0.248 e. The summed E-state index contributed by atoms with van der Waals surface area (Å²) < 4.78 is 2.68. The Morgan fingerprint density at radius 1 is 1.19 bits per heavy atom. The van der Waals surface area contributed by atoms with Gasteiger partial charge >= 0.3 is 0 Å². The molecule has 6 nitrogen and oxygen atoms in total. The number of pyridine rings is 1. The highest BCUT2D eigenvalue weighted by Gasteiger charge is 2.08. The van der Waals surface area contributed by atoms with E-state index in [1.807, 2.05) is 36.4 Å². The Morgan fingerprint density at radius 3 is 2.76 bits per heavy atom. The van der Waals surface area contributed by atoms with Crippen LogP contribution in [0.25, 0.3) is 0 Å².